The number of halogens is 4. The first kappa shape index (κ1) is 25.8. The fourth-order valence-corrected chi connectivity index (χ4v) is 7.12. The molecule has 1 atom stereocenters. The highest BCUT2D eigenvalue weighted by atomic mass is 79.9. The third kappa shape index (κ3) is 3.23. The van der Waals surface area contributed by atoms with Crippen LogP contribution in [0.3, 0.4) is 0 Å². The van der Waals surface area contributed by atoms with Crippen LogP contribution in [0.4, 0.5) is 8.63 Å². The van der Waals surface area contributed by atoms with Crippen LogP contribution in [0.1, 0.15) is 72.8 Å². The van der Waals surface area contributed by atoms with Crippen LogP contribution in [0.15, 0.2) is 20.2 Å². The fraction of sp³-hybridized carbons (Fsp3) is 0.444. The molecule has 2 aromatic rings. The molecule has 3 aliphatic rings. The molecule has 0 aliphatic carbocycles. The zero-order valence-corrected chi connectivity index (χ0v) is 25.1. The zero-order chi connectivity index (χ0) is 26.6. The van der Waals surface area contributed by atoms with Crippen molar-refractivity contribution in [3.63, 3.8) is 0 Å². The van der Waals surface area contributed by atoms with Crippen molar-refractivity contribution in [1.82, 2.24) is 4.48 Å². The summed E-state index contributed by atoms with van der Waals surface area (Å²) in [6.07, 6.45) is 1.95. The van der Waals surface area contributed by atoms with Gasteiger partial charge >= 0.3 is 6.97 Å². The molecule has 0 fully saturated rings. The number of aromatic hydroxyl groups is 1. The minimum atomic E-state index is -4.07. The van der Waals surface area contributed by atoms with Crippen LogP contribution in [0.5, 0.6) is 11.5 Å². The molecular formula is C27H31BBr2F2N2O2. The van der Waals surface area contributed by atoms with Crippen molar-refractivity contribution >= 4 is 50.1 Å². The highest BCUT2D eigenvalue weighted by Gasteiger charge is 2.57. The van der Waals surface area contributed by atoms with Gasteiger partial charge in [0.05, 0.1) is 4.48 Å². The first-order valence-corrected chi connectivity index (χ1v) is 13.9. The quantitative estimate of drug-likeness (QED) is 0.347. The predicted octanol–water partition coefficient (Wildman–Crippen LogP) is 7.78. The average molecular weight is 624 g/mol. The summed E-state index contributed by atoms with van der Waals surface area (Å²) in [5, 5.41) is 10.6. The molecule has 1 aromatic heterocycles. The van der Waals surface area contributed by atoms with Crippen LogP contribution in [-0.4, -0.2) is 32.4 Å². The number of rotatable bonds is 2. The average Bonchev–Trinajstić information content (AvgIpc) is 3.20. The Balaban J connectivity index is 1.73. The van der Waals surface area contributed by atoms with Crippen LogP contribution in [0, 0.1) is 34.6 Å². The molecule has 0 saturated heterocycles. The van der Waals surface area contributed by atoms with Crippen molar-refractivity contribution in [2.75, 3.05) is 0 Å². The molecule has 192 valence electrons. The van der Waals surface area contributed by atoms with Gasteiger partial charge in [0.25, 0.3) is 0 Å². The summed E-state index contributed by atoms with van der Waals surface area (Å²) < 4.78 is 43.1. The van der Waals surface area contributed by atoms with E-state index in [0.29, 0.717) is 50.3 Å². The number of phenols is 1. The highest BCUT2D eigenvalue weighted by molar-refractivity contribution is 9.12. The van der Waals surface area contributed by atoms with Gasteiger partial charge in [-0.1, -0.05) is 0 Å². The molecule has 0 spiro atoms. The van der Waals surface area contributed by atoms with E-state index in [9.17, 15) is 5.11 Å². The third-order valence-corrected chi connectivity index (χ3v) is 10.9. The van der Waals surface area contributed by atoms with E-state index in [1.807, 2.05) is 34.6 Å². The summed E-state index contributed by atoms with van der Waals surface area (Å²) in [5.41, 5.74) is 7.74. The minimum absolute atomic E-state index is 0.326. The summed E-state index contributed by atoms with van der Waals surface area (Å²) in [7, 11) is 0. The molecule has 0 bridgehead atoms. The first-order valence-electron chi connectivity index (χ1n) is 12.3. The molecule has 1 unspecified atom stereocenters. The van der Waals surface area contributed by atoms with E-state index in [1.165, 1.54) is 8.96 Å². The number of ether oxygens (including phenoxy) is 1. The van der Waals surface area contributed by atoms with Gasteiger partial charge in [0.2, 0.25) is 0 Å². The number of hydrogen-bond donors (Lipinski definition) is 1. The lowest BCUT2D eigenvalue weighted by Gasteiger charge is -2.40. The Kier molecular flexibility index (Phi) is 5.77. The fourth-order valence-electron chi connectivity index (χ4n) is 6.37. The predicted molar refractivity (Wildman–Crippen MR) is 149 cm³/mol. The van der Waals surface area contributed by atoms with Gasteiger partial charge in [-0.25, -0.2) is 0 Å². The van der Waals surface area contributed by atoms with Crippen LogP contribution in [0.2, 0.25) is 0 Å². The number of phenolic OH excluding ortho intramolecular Hbond substituents is 1. The normalized spacial score (nSPS) is 22.7. The molecule has 5 rings (SSSR count). The van der Waals surface area contributed by atoms with E-state index in [2.05, 4.69) is 38.8 Å². The van der Waals surface area contributed by atoms with Crippen LogP contribution >= 0.6 is 31.9 Å². The number of allylic oxidation sites excluding steroid dienone is 2. The van der Waals surface area contributed by atoms with Crippen molar-refractivity contribution in [2.45, 2.75) is 80.3 Å². The van der Waals surface area contributed by atoms with E-state index in [4.69, 9.17) is 4.74 Å². The van der Waals surface area contributed by atoms with Gasteiger partial charge in [-0.15, -0.1) is 0 Å². The van der Waals surface area contributed by atoms with E-state index in [-0.39, 0.29) is 0 Å². The second kappa shape index (κ2) is 8.07. The number of benzene rings is 1. The van der Waals surface area contributed by atoms with Crippen LogP contribution in [0.25, 0.3) is 5.57 Å². The van der Waals surface area contributed by atoms with Gasteiger partial charge in [-0.05, 0) is 121 Å². The number of nitrogens with zero attached hydrogens (tertiary/aromatic N) is 2. The maximum atomic E-state index is 16.2. The lowest BCUT2D eigenvalue weighted by atomic mass is 9.79. The molecule has 4 heterocycles. The van der Waals surface area contributed by atoms with Crippen molar-refractivity contribution in [3.05, 3.63) is 59.4 Å². The highest BCUT2D eigenvalue weighted by Crippen LogP contribution is 2.51. The molecule has 0 radical (unpaired) electrons. The molecule has 3 aliphatic heterocycles. The van der Waals surface area contributed by atoms with Crippen molar-refractivity contribution in [3.8, 4) is 11.5 Å². The van der Waals surface area contributed by atoms with Crippen molar-refractivity contribution in [1.29, 1.82) is 0 Å². The summed E-state index contributed by atoms with van der Waals surface area (Å²) >= 11 is 7.17. The topological polar surface area (TPSA) is 37.4 Å². The Hall–Kier alpha value is -1.87. The Morgan fingerprint density at radius 2 is 1.67 bits per heavy atom. The molecule has 36 heavy (non-hydrogen) atoms. The Morgan fingerprint density at radius 3 is 2.31 bits per heavy atom. The van der Waals surface area contributed by atoms with Gasteiger partial charge in [0.15, 0.2) is 5.70 Å². The smallest absolute Gasteiger partial charge is 0.507 e. The summed E-state index contributed by atoms with van der Waals surface area (Å²) in [5.74, 6) is 1.14. The summed E-state index contributed by atoms with van der Waals surface area (Å²) in [6.45, 7) is 11.1. The zero-order valence-electron chi connectivity index (χ0n) is 22.0. The molecular weight excluding hydrogens is 593 g/mol. The molecule has 4 nitrogen and oxygen atoms in total. The number of aromatic nitrogens is 1. The third-order valence-electron chi connectivity index (χ3n) is 8.54. The summed E-state index contributed by atoms with van der Waals surface area (Å²) in [6, 6.07) is 0. The Labute approximate surface area is 228 Å². The molecule has 1 N–H and O–H groups in total. The van der Waals surface area contributed by atoms with Crippen molar-refractivity contribution < 1.29 is 23.0 Å². The molecule has 0 amide bonds. The Morgan fingerprint density at radius 1 is 1.03 bits per heavy atom. The van der Waals surface area contributed by atoms with Crippen LogP contribution in [-0.2, 0) is 6.42 Å². The van der Waals surface area contributed by atoms with E-state index < -0.39 is 12.6 Å². The van der Waals surface area contributed by atoms with E-state index in [0.717, 1.165) is 51.1 Å². The minimum Gasteiger partial charge on any atom is -0.507 e. The van der Waals surface area contributed by atoms with Gasteiger partial charge in [0, 0.05) is 40.2 Å². The second-order valence-corrected chi connectivity index (χ2v) is 12.4. The van der Waals surface area contributed by atoms with E-state index >= 15 is 8.63 Å². The van der Waals surface area contributed by atoms with Crippen LogP contribution < -0.4 is 4.74 Å². The van der Waals surface area contributed by atoms with Gasteiger partial charge in [-0.3, -0.25) is 0 Å². The standard InChI is InChI=1S/C27H31BBr2F2N2O2/c1-12-13(2)26-19(14(3)25(12)35)9-10-27(8,36-26)11-20-23-15(4)21(29)17(6)33(23)28(31,32)34-18(7)22(30)16(5)24(20)34/h35H,9-11H2,1-8H3. The van der Waals surface area contributed by atoms with Gasteiger partial charge in [0.1, 0.15) is 22.8 Å². The summed E-state index contributed by atoms with van der Waals surface area (Å²) in [4.78, 5) is 0. The Bertz CT molecular complexity index is 1490. The lowest BCUT2D eigenvalue weighted by Crippen LogP contribution is -2.52. The lowest BCUT2D eigenvalue weighted by molar-refractivity contribution is -0.364. The van der Waals surface area contributed by atoms with Gasteiger partial charge < -0.3 is 27.4 Å². The molecule has 9 heteroatoms. The first-order chi connectivity index (χ1) is 16.6. The van der Waals surface area contributed by atoms with E-state index in [1.54, 1.807) is 13.8 Å². The van der Waals surface area contributed by atoms with Crippen molar-refractivity contribution in [2.24, 2.45) is 0 Å². The maximum absolute atomic E-state index is 16.2. The number of fused-ring (bicyclic) bond motifs is 3. The van der Waals surface area contributed by atoms with Gasteiger partial charge in [-0.2, -0.15) is 0 Å². The SMILES string of the molecule is CC1=C(Br)C(C)=[N+]2C1=C(CC1(C)CCc3c(C)c(O)c(C)c(C)c3O1)c1c(C)c(Br)c(C)n1[B-]2(F)F. The largest absolute Gasteiger partial charge is 0.737 e. The maximum Gasteiger partial charge on any atom is 0.737 e. The monoisotopic (exact) mass is 622 g/mol. The molecule has 0 saturated carbocycles. The molecule has 1 aromatic carbocycles. The number of hydrogen-bond acceptors (Lipinski definition) is 2. The second-order valence-electron chi connectivity index (χ2n) is 10.8.